The fraction of sp³-hybridized carbons (Fsp3) is 0.375. The Morgan fingerprint density at radius 3 is 2.55 bits per heavy atom. The van der Waals surface area contributed by atoms with Gasteiger partial charge in [-0.05, 0) is 56.5 Å². The third-order valence-electron chi connectivity index (χ3n) is 4.79. The Labute approximate surface area is 183 Å². The van der Waals surface area contributed by atoms with E-state index in [0.717, 1.165) is 23.5 Å². The van der Waals surface area contributed by atoms with Gasteiger partial charge in [-0.1, -0.05) is 19.9 Å². The summed E-state index contributed by atoms with van der Waals surface area (Å²) in [6.45, 7) is 10.5. The van der Waals surface area contributed by atoms with Crippen molar-refractivity contribution in [1.82, 2.24) is 4.57 Å². The lowest BCUT2D eigenvalue weighted by Crippen LogP contribution is -2.30. The van der Waals surface area contributed by atoms with Crippen LogP contribution in [0, 0.1) is 31.1 Å². The van der Waals surface area contributed by atoms with Crippen molar-refractivity contribution in [1.29, 1.82) is 5.26 Å². The van der Waals surface area contributed by atoms with Crippen LogP contribution in [0.25, 0.3) is 6.08 Å². The summed E-state index contributed by atoms with van der Waals surface area (Å²) in [7, 11) is 1.53. The number of ether oxygens (including phenoxy) is 2. The minimum absolute atomic E-state index is 0.161. The van der Waals surface area contributed by atoms with Gasteiger partial charge in [-0.2, -0.15) is 5.26 Å². The molecule has 0 saturated carbocycles. The standard InChI is InChI=1S/C24H29N3O4/c1-15(2)14-27-16(3)10-19(17(27)4)11-20(13-25)24(29)31-18(5)23(28)26-21-8-7-9-22(12-21)30-6/h7-12,15,18H,14H2,1-6H3,(H,26,28)/b20-11+/t18-/m1/s1. The predicted molar refractivity (Wildman–Crippen MR) is 120 cm³/mol. The number of aryl methyl sites for hydroxylation is 1. The zero-order valence-electron chi connectivity index (χ0n) is 18.9. The molecule has 0 saturated heterocycles. The van der Waals surface area contributed by atoms with Crippen LogP contribution in [-0.4, -0.2) is 29.7 Å². The second-order valence-electron chi connectivity index (χ2n) is 7.77. The zero-order valence-corrected chi connectivity index (χ0v) is 18.9. The predicted octanol–water partition coefficient (Wildman–Crippen LogP) is 4.25. The highest BCUT2D eigenvalue weighted by atomic mass is 16.5. The molecular formula is C24H29N3O4. The molecule has 0 aliphatic heterocycles. The van der Waals surface area contributed by atoms with Crippen molar-refractivity contribution < 1.29 is 19.1 Å². The smallest absolute Gasteiger partial charge is 0.349 e. The Hall–Kier alpha value is -3.53. The van der Waals surface area contributed by atoms with Crippen molar-refractivity contribution in [2.45, 2.75) is 47.3 Å². The number of amides is 1. The molecule has 0 unspecified atom stereocenters. The Balaban J connectivity index is 2.12. The van der Waals surface area contributed by atoms with Gasteiger partial charge in [0.15, 0.2) is 6.10 Å². The number of rotatable bonds is 8. The van der Waals surface area contributed by atoms with Crippen LogP contribution in [0.5, 0.6) is 5.75 Å². The molecule has 2 rings (SSSR count). The van der Waals surface area contributed by atoms with Crippen molar-refractivity contribution in [2.75, 3.05) is 12.4 Å². The Morgan fingerprint density at radius 1 is 1.23 bits per heavy atom. The molecule has 1 N–H and O–H groups in total. The lowest BCUT2D eigenvalue weighted by Gasteiger charge is -2.14. The summed E-state index contributed by atoms with van der Waals surface area (Å²) in [6, 6.07) is 10.7. The van der Waals surface area contributed by atoms with Gasteiger partial charge in [0.1, 0.15) is 17.4 Å². The van der Waals surface area contributed by atoms with Crippen molar-refractivity contribution >= 4 is 23.6 Å². The first-order valence-corrected chi connectivity index (χ1v) is 10.1. The van der Waals surface area contributed by atoms with E-state index in [1.807, 2.05) is 26.0 Å². The van der Waals surface area contributed by atoms with Gasteiger partial charge in [-0.25, -0.2) is 4.79 Å². The maximum Gasteiger partial charge on any atom is 0.349 e. The van der Waals surface area contributed by atoms with Gasteiger partial charge in [-0.15, -0.1) is 0 Å². The van der Waals surface area contributed by atoms with Crippen LogP contribution in [-0.2, 0) is 20.9 Å². The van der Waals surface area contributed by atoms with Gasteiger partial charge in [0.25, 0.3) is 5.91 Å². The van der Waals surface area contributed by atoms with Gasteiger partial charge < -0.3 is 19.4 Å². The van der Waals surface area contributed by atoms with E-state index in [-0.39, 0.29) is 5.57 Å². The summed E-state index contributed by atoms with van der Waals surface area (Å²) in [5, 5.41) is 12.1. The quantitative estimate of drug-likeness (QED) is 0.389. The number of nitrogens with zero attached hydrogens (tertiary/aromatic N) is 2. The van der Waals surface area contributed by atoms with E-state index >= 15 is 0 Å². The fourth-order valence-electron chi connectivity index (χ4n) is 3.13. The number of benzene rings is 1. The lowest BCUT2D eigenvalue weighted by atomic mass is 10.1. The van der Waals surface area contributed by atoms with Gasteiger partial charge in [0.05, 0.1) is 7.11 Å². The highest BCUT2D eigenvalue weighted by Crippen LogP contribution is 2.21. The molecule has 1 heterocycles. The van der Waals surface area contributed by atoms with Crippen LogP contribution in [0.4, 0.5) is 5.69 Å². The summed E-state index contributed by atoms with van der Waals surface area (Å²) in [4.78, 5) is 24.9. The summed E-state index contributed by atoms with van der Waals surface area (Å²) >= 11 is 0. The van der Waals surface area contributed by atoms with E-state index < -0.39 is 18.0 Å². The van der Waals surface area contributed by atoms with Crippen LogP contribution in [0.15, 0.2) is 35.9 Å². The molecule has 0 radical (unpaired) electrons. The molecule has 31 heavy (non-hydrogen) atoms. The topological polar surface area (TPSA) is 93.3 Å². The summed E-state index contributed by atoms with van der Waals surface area (Å²) in [5.74, 6) is -0.295. The summed E-state index contributed by atoms with van der Waals surface area (Å²) in [5.41, 5.74) is 3.15. The van der Waals surface area contributed by atoms with Crippen molar-refractivity contribution in [3.8, 4) is 11.8 Å². The van der Waals surface area contributed by atoms with Gasteiger partial charge >= 0.3 is 5.97 Å². The third kappa shape index (κ3) is 6.22. The van der Waals surface area contributed by atoms with E-state index in [1.165, 1.54) is 20.1 Å². The summed E-state index contributed by atoms with van der Waals surface area (Å²) < 4.78 is 12.5. The van der Waals surface area contributed by atoms with E-state index in [0.29, 0.717) is 17.4 Å². The van der Waals surface area contributed by atoms with E-state index in [2.05, 4.69) is 23.7 Å². The molecule has 1 aromatic carbocycles. The number of carbonyl (C=O) groups excluding carboxylic acids is 2. The SMILES string of the molecule is COc1cccc(NC(=O)[C@@H](C)OC(=O)/C(C#N)=C/c2cc(C)n(CC(C)C)c2C)c1. The van der Waals surface area contributed by atoms with Crippen molar-refractivity contribution in [3.63, 3.8) is 0 Å². The van der Waals surface area contributed by atoms with Gasteiger partial charge in [0.2, 0.25) is 0 Å². The number of methoxy groups -OCH3 is 1. The molecule has 1 atom stereocenters. The molecule has 1 amide bonds. The average Bonchev–Trinajstić information content (AvgIpc) is 2.98. The first kappa shape index (κ1) is 23.7. The fourth-order valence-corrected chi connectivity index (χ4v) is 3.13. The maximum absolute atomic E-state index is 12.5. The van der Waals surface area contributed by atoms with Crippen LogP contribution in [0.1, 0.15) is 37.7 Å². The second-order valence-corrected chi connectivity index (χ2v) is 7.77. The number of anilines is 1. The minimum Gasteiger partial charge on any atom is -0.497 e. The Kier molecular flexibility index (Phi) is 8.03. The van der Waals surface area contributed by atoms with Crippen molar-refractivity contribution in [3.05, 3.63) is 52.9 Å². The molecule has 0 fully saturated rings. The van der Waals surface area contributed by atoms with Crippen LogP contribution in [0.2, 0.25) is 0 Å². The minimum atomic E-state index is -1.08. The first-order valence-electron chi connectivity index (χ1n) is 10.1. The molecule has 2 aromatic rings. The zero-order chi connectivity index (χ0) is 23.1. The molecule has 7 heteroatoms. The number of carbonyl (C=O) groups is 2. The third-order valence-corrected chi connectivity index (χ3v) is 4.79. The van der Waals surface area contributed by atoms with Crippen LogP contribution >= 0.6 is 0 Å². The van der Waals surface area contributed by atoms with Crippen molar-refractivity contribution in [2.24, 2.45) is 5.92 Å². The van der Waals surface area contributed by atoms with E-state index in [9.17, 15) is 14.9 Å². The molecule has 7 nitrogen and oxygen atoms in total. The maximum atomic E-state index is 12.5. The molecule has 0 aliphatic carbocycles. The number of nitrogens with one attached hydrogen (secondary N) is 1. The number of hydrogen-bond acceptors (Lipinski definition) is 5. The number of aromatic nitrogens is 1. The summed E-state index contributed by atoms with van der Waals surface area (Å²) in [6.07, 6.45) is 0.428. The highest BCUT2D eigenvalue weighted by Gasteiger charge is 2.21. The van der Waals surface area contributed by atoms with E-state index in [4.69, 9.17) is 9.47 Å². The average molecular weight is 424 g/mol. The molecule has 164 valence electrons. The van der Waals surface area contributed by atoms with Gasteiger partial charge in [-0.3, -0.25) is 4.79 Å². The Bertz CT molecular complexity index is 1030. The number of nitriles is 1. The Morgan fingerprint density at radius 2 is 1.94 bits per heavy atom. The largest absolute Gasteiger partial charge is 0.497 e. The van der Waals surface area contributed by atoms with E-state index in [1.54, 1.807) is 24.3 Å². The number of esters is 1. The molecule has 0 aliphatic rings. The van der Waals surface area contributed by atoms with Crippen LogP contribution < -0.4 is 10.1 Å². The lowest BCUT2D eigenvalue weighted by molar-refractivity contribution is -0.148. The molecular weight excluding hydrogens is 394 g/mol. The number of hydrogen-bond donors (Lipinski definition) is 1. The molecule has 1 aromatic heterocycles. The van der Waals surface area contributed by atoms with Crippen LogP contribution in [0.3, 0.4) is 0 Å². The normalized spacial score (nSPS) is 12.3. The molecule has 0 spiro atoms. The van der Waals surface area contributed by atoms with Gasteiger partial charge in [0, 0.05) is 29.7 Å². The monoisotopic (exact) mass is 423 g/mol. The first-order chi connectivity index (χ1) is 14.7. The molecule has 0 bridgehead atoms. The highest BCUT2D eigenvalue weighted by molar-refractivity contribution is 6.01. The second kappa shape index (κ2) is 10.5.